The highest BCUT2D eigenvalue weighted by Crippen LogP contribution is 2.41. The molecule has 4 aromatic carbocycles. The first-order valence-electron chi connectivity index (χ1n) is 14.1. The van der Waals surface area contributed by atoms with Gasteiger partial charge in [0.2, 0.25) is 0 Å². The van der Waals surface area contributed by atoms with Gasteiger partial charge in [0.1, 0.15) is 35.5 Å². The molecule has 0 bridgehead atoms. The Morgan fingerprint density at radius 1 is 0.767 bits per heavy atom. The van der Waals surface area contributed by atoms with Gasteiger partial charge in [0, 0.05) is 30.3 Å². The van der Waals surface area contributed by atoms with Gasteiger partial charge in [-0.25, -0.2) is 4.79 Å². The minimum absolute atomic E-state index is 0.0510. The summed E-state index contributed by atoms with van der Waals surface area (Å²) in [6, 6.07) is 37.1. The Hall–Kier alpha value is -4.31. The molecule has 0 radical (unpaired) electrons. The van der Waals surface area contributed by atoms with Crippen LogP contribution in [-0.4, -0.2) is 54.6 Å². The molecule has 1 aliphatic rings. The summed E-state index contributed by atoms with van der Waals surface area (Å²) in [5.41, 5.74) is 2.19. The number of hydrogen-bond acceptors (Lipinski definition) is 8. The van der Waals surface area contributed by atoms with Crippen LogP contribution in [0.2, 0.25) is 0 Å². The molecule has 1 aliphatic heterocycles. The molecule has 0 amide bonds. The summed E-state index contributed by atoms with van der Waals surface area (Å²) in [4.78, 5) is 11.7. The molecular weight excluding hydrogens is 546 g/mol. The Bertz CT molecular complexity index is 1600. The van der Waals surface area contributed by atoms with E-state index < -0.39 is 41.9 Å². The lowest BCUT2D eigenvalue weighted by Crippen LogP contribution is -2.62. The first-order chi connectivity index (χ1) is 21.0. The Morgan fingerprint density at radius 3 is 1.88 bits per heavy atom. The predicted octanol–water partition coefficient (Wildman–Crippen LogP) is 4.68. The van der Waals surface area contributed by atoms with Gasteiger partial charge in [0.05, 0.1) is 6.61 Å². The third kappa shape index (κ3) is 5.71. The zero-order chi connectivity index (χ0) is 29.8. The highest BCUT2D eigenvalue weighted by Gasteiger charge is 2.47. The molecule has 220 valence electrons. The summed E-state index contributed by atoms with van der Waals surface area (Å²) in [5, 5.41) is 26.5. The molecule has 8 nitrogen and oxygen atoms in total. The second kappa shape index (κ2) is 12.5. The number of methoxy groups -OCH3 is 1. The van der Waals surface area contributed by atoms with Crippen LogP contribution in [0.4, 0.5) is 5.69 Å². The molecule has 8 heteroatoms. The van der Waals surface area contributed by atoms with Gasteiger partial charge in [-0.3, -0.25) is 0 Å². The molecule has 5 atom stereocenters. The van der Waals surface area contributed by atoms with Crippen LogP contribution in [-0.2, 0) is 19.8 Å². The second-order valence-electron chi connectivity index (χ2n) is 10.5. The topological polar surface area (TPSA) is 110 Å². The normalized spacial score (nSPS) is 22.3. The molecule has 0 aliphatic carbocycles. The van der Waals surface area contributed by atoms with Gasteiger partial charge in [0.15, 0.2) is 6.29 Å². The van der Waals surface area contributed by atoms with Crippen molar-refractivity contribution in [3.05, 3.63) is 148 Å². The van der Waals surface area contributed by atoms with Gasteiger partial charge in [-0.2, -0.15) is 0 Å². The number of rotatable bonds is 9. The van der Waals surface area contributed by atoms with Gasteiger partial charge in [-0.05, 0) is 34.9 Å². The first-order valence-corrected chi connectivity index (χ1v) is 14.1. The number of aliphatic hydroxyl groups is 2. The summed E-state index contributed by atoms with van der Waals surface area (Å²) in [7, 11) is 1.48. The van der Waals surface area contributed by atoms with Crippen molar-refractivity contribution < 1.29 is 28.8 Å². The minimum atomic E-state index is -1.30. The average Bonchev–Trinajstić information content (AvgIpc) is 3.05. The summed E-state index contributed by atoms with van der Waals surface area (Å²) in [6.07, 6.45) is -4.42. The predicted molar refractivity (Wildman–Crippen MR) is 163 cm³/mol. The van der Waals surface area contributed by atoms with E-state index in [4.69, 9.17) is 18.6 Å². The standard InChI is InChI=1S/C35H33NO7/c1-40-34-31(36-27-19-17-23-18-20-30(37)42-28(23)21-27)33(39)32(38)29(43-34)22-41-35(24-11-5-2-6-12-24,25-13-7-3-8-14-25)26-15-9-4-10-16-26/h2-21,29,31-34,36,38-39H,22H2,1H3/t29?,31?,32-,33?,34+/m1/s1. The highest BCUT2D eigenvalue weighted by molar-refractivity contribution is 5.80. The van der Waals surface area contributed by atoms with Crippen molar-refractivity contribution in [3.63, 3.8) is 0 Å². The SMILES string of the molecule is CO[C@H]1OC(COC(c2ccccc2)(c2ccccc2)c2ccccc2)[C@@H](O)C(O)C1Nc1ccc2ccc(=O)oc2c1. The summed E-state index contributed by atoms with van der Waals surface area (Å²) >= 11 is 0. The van der Waals surface area contributed by atoms with E-state index in [9.17, 15) is 15.0 Å². The first kappa shape index (κ1) is 28.8. The minimum Gasteiger partial charge on any atom is -0.423 e. The maximum atomic E-state index is 11.7. The summed E-state index contributed by atoms with van der Waals surface area (Å²) in [5.74, 6) is 0. The van der Waals surface area contributed by atoms with Crippen molar-refractivity contribution >= 4 is 16.7 Å². The Labute approximate surface area is 249 Å². The van der Waals surface area contributed by atoms with Crippen LogP contribution in [0.15, 0.2) is 131 Å². The lowest BCUT2D eigenvalue weighted by Gasteiger charge is -2.44. The third-order valence-electron chi connectivity index (χ3n) is 7.89. The molecule has 0 spiro atoms. The van der Waals surface area contributed by atoms with Crippen LogP contribution in [0.3, 0.4) is 0 Å². The summed E-state index contributed by atoms with van der Waals surface area (Å²) in [6.45, 7) is -0.0510. The van der Waals surface area contributed by atoms with E-state index in [1.54, 1.807) is 24.3 Å². The number of benzene rings is 4. The molecule has 43 heavy (non-hydrogen) atoms. The van der Waals surface area contributed by atoms with Crippen molar-refractivity contribution in [1.82, 2.24) is 0 Å². The van der Waals surface area contributed by atoms with Crippen LogP contribution in [0.5, 0.6) is 0 Å². The quantitative estimate of drug-likeness (QED) is 0.171. The van der Waals surface area contributed by atoms with Gasteiger partial charge >= 0.3 is 5.63 Å². The highest BCUT2D eigenvalue weighted by atomic mass is 16.7. The van der Waals surface area contributed by atoms with Crippen LogP contribution in [0.25, 0.3) is 11.0 Å². The zero-order valence-corrected chi connectivity index (χ0v) is 23.6. The maximum absolute atomic E-state index is 11.7. The maximum Gasteiger partial charge on any atom is 0.336 e. The van der Waals surface area contributed by atoms with E-state index in [0.29, 0.717) is 11.3 Å². The number of fused-ring (bicyclic) bond motifs is 1. The molecular formula is C35H33NO7. The van der Waals surface area contributed by atoms with Crippen LogP contribution in [0, 0.1) is 0 Å². The molecule has 0 saturated carbocycles. The van der Waals surface area contributed by atoms with Crippen molar-refractivity contribution in [2.75, 3.05) is 19.0 Å². The van der Waals surface area contributed by atoms with Crippen LogP contribution < -0.4 is 10.9 Å². The van der Waals surface area contributed by atoms with Gasteiger partial charge in [-0.15, -0.1) is 0 Å². The molecule has 1 aromatic heterocycles. The van der Waals surface area contributed by atoms with E-state index >= 15 is 0 Å². The monoisotopic (exact) mass is 579 g/mol. The average molecular weight is 580 g/mol. The largest absolute Gasteiger partial charge is 0.423 e. The van der Waals surface area contributed by atoms with E-state index in [0.717, 1.165) is 22.1 Å². The zero-order valence-electron chi connectivity index (χ0n) is 23.6. The van der Waals surface area contributed by atoms with E-state index in [1.807, 2.05) is 91.0 Å². The molecule has 2 heterocycles. The third-order valence-corrected chi connectivity index (χ3v) is 7.89. The van der Waals surface area contributed by atoms with Crippen molar-refractivity contribution in [3.8, 4) is 0 Å². The van der Waals surface area contributed by atoms with Crippen molar-refractivity contribution in [2.45, 2.75) is 36.2 Å². The van der Waals surface area contributed by atoms with E-state index in [1.165, 1.54) is 13.2 Å². The molecule has 1 fully saturated rings. The number of nitrogens with one attached hydrogen (secondary N) is 1. The Morgan fingerprint density at radius 2 is 1.33 bits per heavy atom. The smallest absolute Gasteiger partial charge is 0.336 e. The fourth-order valence-electron chi connectivity index (χ4n) is 5.74. The lowest BCUT2D eigenvalue weighted by atomic mass is 9.80. The van der Waals surface area contributed by atoms with Gasteiger partial charge < -0.3 is 34.2 Å². The lowest BCUT2D eigenvalue weighted by molar-refractivity contribution is -0.261. The summed E-state index contributed by atoms with van der Waals surface area (Å²) < 4.78 is 24.0. The number of aliphatic hydroxyl groups excluding tert-OH is 2. The number of anilines is 1. The number of ether oxygens (including phenoxy) is 3. The molecule has 6 rings (SSSR count). The van der Waals surface area contributed by atoms with Crippen molar-refractivity contribution in [1.29, 1.82) is 0 Å². The fraction of sp³-hybridized carbons (Fsp3) is 0.229. The Balaban J connectivity index is 1.29. The Kier molecular flexibility index (Phi) is 8.38. The van der Waals surface area contributed by atoms with E-state index in [2.05, 4.69) is 5.32 Å². The van der Waals surface area contributed by atoms with Crippen molar-refractivity contribution in [2.24, 2.45) is 0 Å². The van der Waals surface area contributed by atoms with Gasteiger partial charge in [0.25, 0.3) is 0 Å². The molecule has 3 N–H and O–H groups in total. The van der Waals surface area contributed by atoms with Gasteiger partial charge in [-0.1, -0.05) is 91.0 Å². The van der Waals surface area contributed by atoms with Crippen LogP contribution >= 0.6 is 0 Å². The fourth-order valence-corrected chi connectivity index (χ4v) is 5.74. The van der Waals surface area contributed by atoms with E-state index in [-0.39, 0.29) is 6.61 Å². The molecule has 1 saturated heterocycles. The van der Waals surface area contributed by atoms with Crippen LogP contribution in [0.1, 0.15) is 16.7 Å². The number of hydrogen-bond donors (Lipinski definition) is 3. The second-order valence-corrected chi connectivity index (χ2v) is 10.5. The molecule has 5 aromatic rings. The molecule has 3 unspecified atom stereocenters.